The Labute approximate surface area is 150 Å². The summed E-state index contributed by atoms with van der Waals surface area (Å²) in [5.41, 5.74) is 2.56. The Balaban J connectivity index is 1.61. The van der Waals surface area contributed by atoms with E-state index in [1.54, 1.807) is 24.3 Å². The number of para-hydroxylation sites is 1. The Bertz CT molecular complexity index is 847. The molecule has 0 spiro atoms. The molecule has 126 valence electrons. The summed E-state index contributed by atoms with van der Waals surface area (Å²) in [6.07, 6.45) is -0.524. The number of ether oxygens (including phenoxy) is 1. The van der Waals surface area contributed by atoms with Crippen LogP contribution in [0.4, 0.5) is 10.5 Å². The number of amides is 1. The number of aryl methyl sites for hydroxylation is 2. The van der Waals surface area contributed by atoms with Crippen molar-refractivity contribution in [3.05, 3.63) is 72.1 Å². The fourth-order valence-electron chi connectivity index (χ4n) is 2.19. The summed E-state index contributed by atoms with van der Waals surface area (Å²) in [5, 5.41) is 3.37. The van der Waals surface area contributed by atoms with Gasteiger partial charge in [-0.3, -0.25) is 5.32 Å². The Kier molecular flexibility index (Phi) is 5.30. The third-order valence-corrected chi connectivity index (χ3v) is 4.10. The van der Waals surface area contributed by atoms with Crippen molar-refractivity contribution in [3.8, 4) is 5.75 Å². The normalized spacial score (nSPS) is 10.3. The molecule has 2 aromatic carbocycles. The summed E-state index contributed by atoms with van der Waals surface area (Å²) in [6.45, 7) is 3.89. The third-order valence-electron chi connectivity index (χ3n) is 3.23. The number of anilines is 1. The van der Waals surface area contributed by atoms with Crippen molar-refractivity contribution in [1.29, 1.82) is 0 Å². The molecular weight excluding hydrogens is 334 g/mol. The second kappa shape index (κ2) is 7.81. The molecule has 0 fully saturated rings. The minimum atomic E-state index is -0.524. The Hall–Kier alpha value is -2.86. The van der Waals surface area contributed by atoms with Crippen molar-refractivity contribution in [2.45, 2.75) is 23.9 Å². The topological polar surface area (TPSA) is 64.1 Å². The molecule has 1 heterocycles. The molecule has 3 rings (SSSR count). The summed E-state index contributed by atoms with van der Waals surface area (Å²) in [4.78, 5) is 21.7. The molecule has 0 aliphatic rings. The quantitative estimate of drug-likeness (QED) is 0.680. The molecule has 0 radical (unpaired) electrons. The number of nitrogens with one attached hydrogen (secondary N) is 1. The molecule has 0 atom stereocenters. The van der Waals surface area contributed by atoms with E-state index < -0.39 is 6.09 Å². The highest BCUT2D eigenvalue weighted by molar-refractivity contribution is 7.99. The smallest absolute Gasteiger partial charge is 0.410 e. The van der Waals surface area contributed by atoms with Gasteiger partial charge in [0.2, 0.25) is 0 Å². The van der Waals surface area contributed by atoms with E-state index in [9.17, 15) is 4.79 Å². The number of hydrogen-bond acceptors (Lipinski definition) is 5. The lowest BCUT2D eigenvalue weighted by atomic mass is 10.3. The molecule has 1 N–H and O–H groups in total. The van der Waals surface area contributed by atoms with E-state index in [0.717, 1.165) is 16.3 Å². The monoisotopic (exact) mass is 351 g/mol. The molecule has 0 aliphatic carbocycles. The van der Waals surface area contributed by atoms with Gasteiger partial charge in [-0.15, -0.1) is 0 Å². The van der Waals surface area contributed by atoms with E-state index in [2.05, 4.69) is 15.3 Å². The van der Waals surface area contributed by atoms with Crippen LogP contribution in [-0.4, -0.2) is 16.1 Å². The van der Waals surface area contributed by atoms with Gasteiger partial charge in [-0.2, -0.15) is 0 Å². The van der Waals surface area contributed by atoms with Gasteiger partial charge in [0, 0.05) is 22.0 Å². The first-order valence-corrected chi connectivity index (χ1v) is 8.54. The van der Waals surface area contributed by atoms with Crippen LogP contribution in [0.2, 0.25) is 0 Å². The first-order valence-electron chi connectivity index (χ1n) is 7.72. The molecule has 6 heteroatoms. The molecule has 1 amide bonds. The predicted molar refractivity (Wildman–Crippen MR) is 98.2 cm³/mol. The maximum Gasteiger partial charge on any atom is 0.417 e. The second-order valence-corrected chi connectivity index (χ2v) is 6.43. The van der Waals surface area contributed by atoms with Crippen molar-refractivity contribution in [2.75, 3.05) is 5.32 Å². The van der Waals surface area contributed by atoms with E-state index in [1.165, 1.54) is 11.8 Å². The number of benzene rings is 2. The lowest BCUT2D eigenvalue weighted by molar-refractivity contribution is 0.215. The number of hydrogen-bond donors (Lipinski definition) is 1. The van der Waals surface area contributed by atoms with Gasteiger partial charge in [0.15, 0.2) is 5.16 Å². The number of carbonyl (C=O) groups is 1. The summed E-state index contributed by atoms with van der Waals surface area (Å²) < 4.78 is 5.27. The van der Waals surface area contributed by atoms with Crippen molar-refractivity contribution >= 4 is 23.5 Å². The van der Waals surface area contributed by atoms with Crippen molar-refractivity contribution in [3.63, 3.8) is 0 Å². The molecule has 25 heavy (non-hydrogen) atoms. The van der Waals surface area contributed by atoms with E-state index >= 15 is 0 Å². The van der Waals surface area contributed by atoms with E-state index in [4.69, 9.17) is 4.74 Å². The standard InChI is InChI=1S/C19H17N3O2S/c1-13-12-14(2)21-18(20-13)25-17-10-8-16(9-11-17)24-19(23)22-15-6-4-3-5-7-15/h3-12H,1-2H3,(H,22,23). The molecule has 0 aliphatic heterocycles. The summed E-state index contributed by atoms with van der Waals surface area (Å²) >= 11 is 1.47. The minimum absolute atomic E-state index is 0.471. The first-order chi connectivity index (χ1) is 12.1. The zero-order valence-corrected chi connectivity index (χ0v) is 14.7. The van der Waals surface area contributed by atoms with Gasteiger partial charge < -0.3 is 4.74 Å². The van der Waals surface area contributed by atoms with Gasteiger partial charge in [-0.05, 0) is 68.1 Å². The van der Waals surface area contributed by atoms with E-state index in [0.29, 0.717) is 16.6 Å². The summed E-state index contributed by atoms with van der Waals surface area (Å²) in [7, 11) is 0. The Morgan fingerprint density at radius 2 is 1.60 bits per heavy atom. The fraction of sp³-hybridized carbons (Fsp3) is 0.105. The van der Waals surface area contributed by atoms with Crippen LogP contribution in [0, 0.1) is 13.8 Å². The molecule has 1 aromatic heterocycles. The maximum absolute atomic E-state index is 11.9. The number of rotatable bonds is 4. The minimum Gasteiger partial charge on any atom is -0.410 e. The number of carbonyl (C=O) groups excluding carboxylic acids is 1. The highest BCUT2D eigenvalue weighted by Gasteiger charge is 2.06. The van der Waals surface area contributed by atoms with Crippen LogP contribution in [0.15, 0.2) is 70.7 Å². The number of nitrogens with zero attached hydrogens (tertiary/aromatic N) is 2. The summed E-state index contributed by atoms with van der Waals surface area (Å²) in [5.74, 6) is 0.471. The average Bonchev–Trinajstić information content (AvgIpc) is 2.56. The molecule has 0 bridgehead atoms. The zero-order valence-electron chi connectivity index (χ0n) is 13.9. The van der Waals surface area contributed by atoms with Crippen molar-refractivity contribution in [2.24, 2.45) is 0 Å². The fourth-order valence-corrected chi connectivity index (χ4v) is 3.05. The van der Waals surface area contributed by atoms with Crippen LogP contribution >= 0.6 is 11.8 Å². The van der Waals surface area contributed by atoms with Gasteiger partial charge in [-0.25, -0.2) is 14.8 Å². The molecule has 3 aromatic rings. The Morgan fingerprint density at radius 3 is 2.24 bits per heavy atom. The molecular formula is C19H17N3O2S. The molecule has 0 saturated heterocycles. The molecule has 5 nitrogen and oxygen atoms in total. The summed E-state index contributed by atoms with van der Waals surface area (Å²) in [6, 6.07) is 18.3. The maximum atomic E-state index is 11.9. The van der Waals surface area contributed by atoms with Crippen LogP contribution < -0.4 is 10.1 Å². The third kappa shape index (κ3) is 5.06. The van der Waals surface area contributed by atoms with Gasteiger partial charge in [0.05, 0.1) is 0 Å². The van der Waals surface area contributed by atoms with Crippen molar-refractivity contribution in [1.82, 2.24) is 9.97 Å². The number of aromatic nitrogens is 2. The largest absolute Gasteiger partial charge is 0.417 e. The highest BCUT2D eigenvalue weighted by Crippen LogP contribution is 2.27. The van der Waals surface area contributed by atoms with Gasteiger partial charge in [-0.1, -0.05) is 18.2 Å². The van der Waals surface area contributed by atoms with Crippen molar-refractivity contribution < 1.29 is 9.53 Å². The van der Waals surface area contributed by atoms with Gasteiger partial charge in [0.1, 0.15) is 5.75 Å². The SMILES string of the molecule is Cc1cc(C)nc(Sc2ccc(OC(=O)Nc3ccccc3)cc2)n1. The second-order valence-electron chi connectivity index (χ2n) is 5.39. The lowest BCUT2D eigenvalue weighted by Gasteiger charge is -2.07. The van der Waals surface area contributed by atoms with Crippen LogP contribution in [0.1, 0.15) is 11.4 Å². The van der Waals surface area contributed by atoms with Crippen LogP contribution in [-0.2, 0) is 0 Å². The van der Waals surface area contributed by atoms with Crippen LogP contribution in [0.3, 0.4) is 0 Å². The first kappa shape index (κ1) is 17.0. The van der Waals surface area contributed by atoms with Gasteiger partial charge >= 0.3 is 6.09 Å². The van der Waals surface area contributed by atoms with E-state index in [-0.39, 0.29) is 0 Å². The molecule has 0 saturated carbocycles. The van der Waals surface area contributed by atoms with Crippen LogP contribution in [0.25, 0.3) is 0 Å². The molecule has 0 unspecified atom stereocenters. The average molecular weight is 351 g/mol. The van der Waals surface area contributed by atoms with E-state index in [1.807, 2.05) is 50.2 Å². The highest BCUT2D eigenvalue weighted by atomic mass is 32.2. The predicted octanol–water partition coefficient (Wildman–Crippen LogP) is 4.86. The van der Waals surface area contributed by atoms with Crippen LogP contribution in [0.5, 0.6) is 5.75 Å². The van der Waals surface area contributed by atoms with Gasteiger partial charge in [0.25, 0.3) is 0 Å². The zero-order chi connectivity index (χ0) is 17.6. The Morgan fingerprint density at radius 1 is 0.960 bits per heavy atom. The lowest BCUT2D eigenvalue weighted by Crippen LogP contribution is -2.16.